The molecule has 1 aliphatic heterocycles. The molecule has 0 radical (unpaired) electrons. The molecule has 2 unspecified atom stereocenters. The van der Waals surface area contributed by atoms with E-state index in [0.717, 1.165) is 19.3 Å². The highest BCUT2D eigenvalue weighted by molar-refractivity contribution is 5.76. The summed E-state index contributed by atoms with van der Waals surface area (Å²) in [6, 6.07) is -0.0604. The average molecular weight is 300 g/mol. The van der Waals surface area contributed by atoms with E-state index in [1.165, 1.54) is 0 Å². The third kappa shape index (κ3) is 4.88. The average Bonchev–Trinajstić information content (AvgIpc) is 2.45. The van der Waals surface area contributed by atoms with Crippen LogP contribution in [0.15, 0.2) is 0 Å². The van der Waals surface area contributed by atoms with Gasteiger partial charge >= 0.3 is 12.0 Å². The molecule has 2 N–H and O–H groups in total. The van der Waals surface area contributed by atoms with Gasteiger partial charge in [-0.05, 0) is 46.0 Å². The Morgan fingerprint density at radius 3 is 2.71 bits per heavy atom. The molecule has 0 aliphatic carbocycles. The molecule has 2 amide bonds. The van der Waals surface area contributed by atoms with Gasteiger partial charge in [-0.25, -0.2) is 4.79 Å². The first-order valence-electron chi connectivity index (χ1n) is 7.56. The highest BCUT2D eigenvalue weighted by Crippen LogP contribution is 2.34. The molecule has 1 heterocycles. The summed E-state index contributed by atoms with van der Waals surface area (Å²) >= 11 is 0. The molecule has 1 aliphatic rings. The van der Waals surface area contributed by atoms with E-state index in [1.54, 1.807) is 25.9 Å². The molecule has 6 nitrogen and oxygen atoms in total. The van der Waals surface area contributed by atoms with Crippen LogP contribution in [0, 0.1) is 11.3 Å². The molecule has 2 atom stereocenters. The largest absolute Gasteiger partial charge is 0.481 e. The number of carbonyl (C=O) groups excluding carboxylic acids is 1. The van der Waals surface area contributed by atoms with Crippen LogP contribution in [0.3, 0.4) is 0 Å². The molecule has 1 fully saturated rings. The third-order valence-electron chi connectivity index (χ3n) is 4.41. The smallest absolute Gasteiger partial charge is 0.317 e. The maximum Gasteiger partial charge on any atom is 0.317 e. The van der Waals surface area contributed by atoms with Crippen LogP contribution in [0.25, 0.3) is 0 Å². The Hall–Kier alpha value is -1.30. The van der Waals surface area contributed by atoms with Gasteiger partial charge in [-0.2, -0.15) is 0 Å². The normalized spacial score (nSPS) is 21.0. The van der Waals surface area contributed by atoms with Gasteiger partial charge in [0.25, 0.3) is 0 Å². The SMILES string of the molecule is COCCC(C)NC(=O)N1CCCC(C(C)(C)C(=O)O)C1. The van der Waals surface area contributed by atoms with Gasteiger partial charge in [0, 0.05) is 32.8 Å². The third-order valence-corrected chi connectivity index (χ3v) is 4.41. The summed E-state index contributed by atoms with van der Waals surface area (Å²) in [5.41, 5.74) is -0.805. The lowest BCUT2D eigenvalue weighted by molar-refractivity contribution is -0.151. The Bertz CT molecular complexity index is 371. The van der Waals surface area contributed by atoms with Gasteiger partial charge in [-0.15, -0.1) is 0 Å². The molecule has 6 heteroatoms. The fourth-order valence-electron chi connectivity index (χ4n) is 2.59. The molecule has 0 aromatic heterocycles. The molecular weight excluding hydrogens is 272 g/mol. The summed E-state index contributed by atoms with van der Waals surface area (Å²) in [4.78, 5) is 25.3. The van der Waals surface area contributed by atoms with Crippen molar-refractivity contribution in [2.24, 2.45) is 11.3 Å². The number of carboxylic acids is 1. The predicted molar refractivity (Wildman–Crippen MR) is 80.2 cm³/mol. The number of likely N-dealkylation sites (tertiary alicyclic amines) is 1. The predicted octanol–water partition coefficient (Wildman–Crippen LogP) is 1.94. The van der Waals surface area contributed by atoms with Gasteiger partial charge in [0.05, 0.1) is 5.41 Å². The molecule has 1 saturated heterocycles. The number of hydrogen-bond acceptors (Lipinski definition) is 3. The maximum absolute atomic E-state index is 12.2. The van der Waals surface area contributed by atoms with Gasteiger partial charge in [0.2, 0.25) is 0 Å². The zero-order valence-corrected chi connectivity index (χ0v) is 13.5. The van der Waals surface area contributed by atoms with Crippen molar-refractivity contribution in [2.45, 2.75) is 46.1 Å². The van der Waals surface area contributed by atoms with Crippen molar-refractivity contribution in [3.8, 4) is 0 Å². The molecule has 0 spiro atoms. The minimum Gasteiger partial charge on any atom is -0.481 e. The Morgan fingerprint density at radius 1 is 1.48 bits per heavy atom. The summed E-state index contributed by atoms with van der Waals surface area (Å²) in [5, 5.41) is 12.3. The number of piperidine rings is 1. The first kappa shape index (κ1) is 17.8. The van der Waals surface area contributed by atoms with E-state index >= 15 is 0 Å². The van der Waals surface area contributed by atoms with Gasteiger partial charge in [0.15, 0.2) is 0 Å². The molecule has 122 valence electrons. The number of ether oxygens (including phenoxy) is 1. The van der Waals surface area contributed by atoms with E-state index in [4.69, 9.17) is 4.74 Å². The topological polar surface area (TPSA) is 78.9 Å². The molecule has 0 aromatic rings. The minimum absolute atomic E-state index is 0.0104. The zero-order valence-electron chi connectivity index (χ0n) is 13.5. The summed E-state index contributed by atoms with van der Waals surface area (Å²) < 4.78 is 5.00. The molecule has 1 rings (SSSR count). The van der Waals surface area contributed by atoms with Crippen molar-refractivity contribution in [3.05, 3.63) is 0 Å². The summed E-state index contributed by atoms with van der Waals surface area (Å²) in [7, 11) is 1.64. The lowest BCUT2D eigenvalue weighted by Crippen LogP contribution is -2.51. The van der Waals surface area contributed by atoms with Crippen LogP contribution in [0.2, 0.25) is 0 Å². The number of rotatable bonds is 6. The van der Waals surface area contributed by atoms with Crippen LogP contribution in [-0.2, 0) is 9.53 Å². The molecule has 0 bridgehead atoms. The van der Waals surface area contributed by atoms with Crippen molar-refractivity contribution >= 4 is 12.0 Å². The summed E-state index contributed by atoms with van der Waals surface area (Å²) in [6.07, 6.45) is 2.46. The van der Waals surface area contributed by atoms with Crippen LogP contribution >= 0.6 is 0 Å². The van der Waals surface area contributed by atoms with E-state index in [1.807, 2.05) is 6.92 Å². The van der Waals surface area contributed by atoms with E-state index in [-0.39, 0.29) is 18.0 Å². The fraction of sp³-hybridized carbons (Fsp3) is 0.867. The second kappa shape index (κ2) is 7.64. The van der Waals surface area contributed by atoms with E-state index in [9.17, 15) is 14.7 Å². The highest BCUT2D eigenvalue weighted by Gasteiger charge is 2.40. The number of carboxylic acid groups (broad SMARTS) is 1. The summed E-state index contributed by atoms with van der Waals surface area (Å²) in [5.74, 6) is -0.813. The lowest BCUT2D eigenvalue weighted by Gasteiger charge is -2.39. The standard InChI is InChI=1S/C15H28N2O4/c1-11(7-9-21-4)16-14(20)17-8-5-6-12(10-17)15(2,3)13(18)19/h11-12H,5-10H2,1-4H3,(H,16,20)(H,18,19). The second-order valence-corrected chi connectivity index (χ2v) is 6.44. The van der Waals surface area contributed by atoms with Gasteiger partial charge in [-0.1, -0.05) is 0 Å². The van der Waals surface area contributed by atoms with Crippen LogP contribution in [0.5, 0.6) is 0 Å². The van der Waals surface area contributed by atoms with Gasteiger partial charge in [0.1, 0.15) is 0 Å². The first-order chi connectivity index (χ1) is 9.78. The van der Waals surface area contributed by atoms with Gasteiger partial charge < -0.3 is 20.1 Å². The first-order valence-corrected chi connectivity index (χ1v) is 7.56. The van der Waals surface area contributed by atoms with Crippen LogP contribution in [0.1, 0.15) is 40.0 Å². The Kier molecular flexibility index (Phi) is 6.45. The quantitative estimate of drug-likeness (QED) is 0.786. The number of amides is 2. The van der Waals surface area contributed by atoms with Crippen molar-refractivity contribution in [1.82, 2.24) is 10.2 Å². The molecule has 0 aromatic carbocycles. The van der Waals surface area contributed by atoms with Gasteiger partial charge in [-0.3, -0.25) is 4.79 Å². The number of carbonyl (C=O) groups is 2. The number of aliphatic carboxylic acids is 1. The molecule has 21 heavy (non-hydrogen) atoms. The molecular formula is C15H28N2O4. The minimum atomic E-state index is -0.805. The van der Waals surface area contributed by atoms with Crippen molar-refractivity contribution < 1.29 is 19.4 Å². The number of nitrogens with one attached hydrogen (secondary N) is 1. The van der Waals surface area contributed by atoms with Crippen molar-refractivity contribution in [1.29, 1.82) is 0 Å². The Morgan fingerprint density at radius 2 is 2.14 bits per heavy atom. The summed E-state index contributed by atoms with van der Waals surface area (Å²) in [6.45, 7) is 7.22. The second-order valence-electron chi connectivity index (χ2n) is 6.44. The van der Waals surface area contributed by atoms with Crippen LogP contribution in [-0.4, -0.2) is 54.9 Å². The number of hydrogen-bond donors (Lipinski definition) is 2. The Balaban J connectivity index is 2.56. The number of methoxy groups -OCH3 is 1. The van der Waals surface area contributed by atoms with E-state index in [2.05, 4.69) is 5.32 Å². The van der Waals surface area contributed by atoms with E-state index < -0.39 is 11.4 Å². The Labute approximate surface area is 126 Å². The number of nitrogens with zero attached hydrogens (tertiary/aromatic N) is 1. The number of urea groups is 1. The van der Waals surface area contributed by atoms with E-state index in [0.29, 0.717) is 19.7 Å². The van der Waals surface area contributed by atoms with Crippen LogP contribution < -0.4 is 5.32 Å². The zero-order chi connectivity index (χ0) is 16.0. The highest BCUT2D eigenvalue weighted by atomic mass is 16.5. The van der Waals surface area contributed by atoms with Crippen molar-refractivity contribution in [2.75, 3.05) is 26.8 Å². The fourth-order valence-corrected chi connectivity index (χ4v) is 2.59. The maximum atomic E-state index is 12.2. The van der Waals surface area contributed by atoms with Crippen LogP contribution in [0.4, 0.5) is 4.79 Å². The monoisotopic (exact) mass is 300 g/mol. The van der Waals surface area contributed by atoms with Crippen molar-refractivity contribution in [3.63, 3.8) is 0 Å². The molecule has 0 saturated carbocycles. The lowest BCUT2D eigenvalue weighted by atomic mass is 9.74.